The summed E-state index contributed by atoms with van der Waals surface area (Å²) in [6.07, 6.45) is 8.84. The van der Waals surface area contributed by atoms with Crippen LogP contribution in [0.3, 0.4) is 0 Å². The number of pyridine rings is 2. The number of nitrogens with zero attached hydrogens (tertiary/aromatic N) is 9. The summed E-state index contributed by atoms with van der Waals surface area (Å²) < 4.78 is 15.9. The van der Waals surface area contributed by atoms with Crippen LogP contribution in [0.15, 0.2) is 36.9 Å². The second-order valence-corrected chi connectivity index (χ2v) is 8.32. The van der Waals surface area contributed by atoms with Crippen LogP contribution < -0.4 is 0 Å². The molecule has 1 saturated heterocycles. The fraction of sp³-hybridized carbons (Fsp3) is 0.409. The molecule has 0 atom stereocenters. The maximum absolute atomic E-state index is 12.8. The Balaban J connectivity index is 1.28. The van der Waals surface area contributed by atoms with Crippen molar-refractivity contribution in [1.82, 2.24) is 44.9 Å². The van der Waals surface area contributed by atoms with Gasteiger partial charge in [-0.3, -0.25) is 19.4 Å². The molecule has 0 N–H and O–H groups in total. The molecule has 5 heterocycles. The Morgan fingerprint density at radius 3 is 2.61 bits per heavy atom. The van der Waals surface area contributed by atoms with Crippen LogP contribution in [0.4, 0.5) is 4.39 Å². The van der Waals surface area contributed by atoms with Gasteiger partial charge in [-0.25, -0.2) is 9.07 Å². The smallest absolute Gasteiger partial charge is 0.190 e. The first-order valence-corrected chi connectivity index (χ1v) is 10.9. The van der Waals surface area contributed by atoms with Crippen LogP contribution in [0.5, 0.6) is 0 Å². The predicted molar refractivity (Wildman–Crippen MR) is 118 cm³/mol. The average molecular weight is 449 g/mol. The number of likely N-dealkylation sites (tertiary alicyclic amines) is 1. The highest BCUT2D eigenvalue weighted by molar-refractivity contribution is 5.95. The molecular weight excluding hydrogens is 425 g/mol. The van der Waals surface area contributed by atoms with Crippen molar-refractivity contribution in [1.29, 1.82) is 0 Å². The number of carbonyl (C=O) groups excluding carboxylic acids is 1. The Labute approximate surface area is 189 Å². The van der Waals surface area contributed by atoms with Crippen LogP contribution in [0.25, 0.3) is 22.2 Å². The zero-order chi connectivity index (χ0) is 22.8. The van der Waals surface area contributed by atoms with E-state index in [4.69, 9.17) is 0 Å². The van der Waals surface area contributed by atoms with Crippen LogP contribution in [0.2, 0.25) is 0 Å². The topological polar surface area (TPSA) is 108 Å². The molecule has 0 bridgehead atoms. The summed E-state index contributed by atoms with van der Waals surface area (Å²) in [7, 11) is 1.80. The van der Waals surface area contributed by atoms with Crippen LogP contribution in [0.1, 0.15) is 35.1 Å². The Bertz CT molecular complexity index is 1280. The second-order valence-electron chi connectivity index (χ2n) is 8.32. The Morgan fingerprint density at radius 2 is 1.85 bits per heavy atom. The second kappa shape index (κ2) is 9.10. The van der Waals surface area contributed by atoms with Crippen molar-refractivity contribution in [2.75, 3.05) is 26.3 Å². The summed E-state index contributed by atoms with van der Waals surface area (Å²) in [5, 5.41) is 18.1. The maximum Gasteiger partial charge on any atom is 0.190 e. The third-order valence-electron chi connectivity index (χ3n) is 5.99. The van der Waals surface area contributed by atoms with Gasteiger partial charge in [-0.15, -0.1) is 10.2 Å². The van der Waals surface area contributed by atoms with Gasteiger partial charge in [-0.2, -0.15) is 0 Å². The van der Waals surface area contributed by atoms with E-state index in [0.717, 1.165) is 36.7 Å². The lowest BCUT2D eigenvalue weighted by molar-refractivity contribution is 0.0987. The molecule has 0 spiro atoms. The van der Waals surface area contributed by atoms with Crippen molar-refractivity contribution < 1.29 is 9.18 Å². The number of rotatable bonds is 7. The van der Waals surface area contributed by atoms with E-state index in [1.165, 1.54) is 0 Å². The zero-order valence-electron chi connectivity index (χ0n) is 18.3. The van der Waals surface area contributed by atoms with Crippen molar-refractivity contribution >= 4 is 16.6 Å². The molecule has 170 valence electrons. The van der Waals surface area contributed by atoms with Gasteiger partial charge in [0.1, 0.15) is 18.1 Å². The van der Waals surface area contributed by atoms with Crippen LogP contribution in [0, 0.1) is 0 Å². The standard InChI is InChI=1S/C22H24FN9O/c1-30-13-20(26-28-30)19-9-15-8-17(24-11-16(15)12-25-19)10-22(33)21-14-32(29-27-21)18-2-5-31(6-3-18)7-4-23/h8-9,11-14,18H,2-7,10H2,1H3. The van der Waals surface area contributed by atoms with E-state index < -0.39 is 0 Å². The molecule has 0 radical (unpaired) electrons. The van der Waals surface area contributed by atoms with Gasteiger partial charge in [0.15, 0.2) is 5.78 Å². The molecule has 10 nitrogen and oxygen atoms in total. The third kappa shape index (κ3) is 4.63. The van der Waals surface area contributed by atoms with E-state index in [0.29, 0.717) is 29.3 Å². The molecule has 0 aliphatic carbocycles. The van der Waals surface area contributed by atoms with Crippen molar-refractivity contribution in [2.24, 2.45) is 7.05 Å². The van der Waals surface area contributed by atoms with Gasteiger partial charge in [-0.1, -0.05) is 10.4 Å². The highest BCUT2D eigenvalue weighted by Crippen LogP contribution is 2.23. The number of piperidine rings is 1. The van der Waals surface area contributed by atoms with E-state index in [2.05, 4.69) is 35.5 Å². The quantitative estimate of drug-likeness (QED) is 0.395. The molecule has 33 heavy (non-hydrogen) atoms. The lowest BCUT2D eigenvalue weighted by Gasteiger charge is -2.30. The molecule has 0 saturated carbocycles. The van der Waals surface area contributed by atoms with E-state index in [1.54, 1.807) is 41.2 Å². The van der Waals surface area contributed by atoms with E-state index >= 15 is 0 Å². The first-order chi connectivity index (χ1) is 16.1. The molecule has 11 heteroatoms. The summed E-state index contributed by atoms with van der Waals surface area (Å²) in [5.74, 6) is -0.133. The molecular formula is C22H24FN9O. The van der Waals surface area contributed by atoms with Crippen molar-refractivity contribution in [2.45, 2.75) is 25.3 Å². The molecule has 4 aromatic rings. The fourth-order valence-electron chi connectivity index (χ4n) is 4.15. The van der Waals surface area contributed by atoms with Gasteiger partial charge in [0.2, 0.25) is 0 Å². The van der Waals surface area contributed by atoms with Crippen molar-refractivity contribution in [3.8, 4) is 11.4 Å². The van der Waals surface area contributed by atoms with Gasteiger partial charge < -0.3 is 4.90 Å². The summed E-state index contributed by atoms with van der Waals surface area (Å²) >= 11 is 0. The number of alkyl halides is 1. The number of ketones is 1. The normalized spacial score (nSPS) is 15.3. The molecule has 1 aliphatic rings. The van der Waals surface area contributed by atoms with Gasteiger partial charge in [0.25, 0.3) is 0 Å². The van der Waals surface area contributed by atoms with Crippen LogP contribution >= 0.6 is 0 Å². The number of hydrogen-bond acceptors (Lipinski definition) is 8. The predicted octanol–water partition coefficient (Wildman–Crippen LogP) is 2.05. The van der Waals surface area contributed by atoms with E-state index in [-0.39, 0.29) is 24.9 Å². The first-order valence-electron chi connectivity index (χ1n) is 10.9. The summed E-state index contributed by atoms with van der Waals surface area (Å²) in [5.41, 5.74) is 2.37. The van der Waals surface area contributed by atoms with Crippen LogP contribution in [-0.2, 0) is 13.5 Å². The monoisotopic (exact) mass is 449 g/mol. The minimum atomic E-state index is -0.326. The minimum absolute atomic E-state index is 0.131. The van der Waals surface area contributed by atoms with Gasteiger partial charge >= 0.3 is 0 Å². The molecule has 0 unspecified atom stereocenters. The SMILES string of the molecule is Cn1cc(-c2cc3cc(CC(=O)c4cn(C5CCN(CCF)CC5)nn4)ncc3cn2)nn1. The lowest BCUT2D eigenvalue weighted by Crippen LogP contribution is -2.36. The summed E-state index contributed by atoms with van der Waals surface area (Å²) in [6.45, 7) is 1.80. The van der Waals surface area contributed by atoms with Gasteiger partial charge in [0.05, 0.1) is 30.6 Å². The third-order valence-corrected chi connectivity index (χ3v) is 5.99. The number of carbonyl (C=O) groups is 1. The Kier molecular flexibility index (Phi) is 5.86. The number of Topliss-reactive ketones (excluding diaryl/α,β-unsaturated/α-hetero) is 1. The zero-order valence-corrected chi connectivity index (χ0v) is 18.3. The number of hydrogen-bond donors (Lipinski definition) is 0. The Morgan fingerprint density at radius 1 is 1.03 bits per heavy atom. The molecule has 1 fully saturated rings. The number of aromatic nitrogens is 8. The number of aryl methyl sites for hydroxylation is 1. The molecule has 1 aliphatic heterocycles. The molecule has 0 aromatic carbocycles. The largest absolute Gasteiger partial charge is 0.301 e. The highest BCUT2D eigenvalue weighted by Gasteiger charge is 2.22. The van der Waals surface area contributed by atoms with Gasteiger partial charge in [0, 0.05) is 50.2 Å². The fourth-order valence-corrected chi connectivity index (χ4v) is 4.15. The average Bonchev–Trinajstić information content (AvgIpc) is 3.49. The molecule has 0 amide bonds. The van der Waals surface area contributed by atoms with E-state index in [1.807, 2.05) is 12.1 Å². The first kappa shape index (κ1) is 21.3. The van der Waals surface area contributed by atoms with Crippen LogP contribution in [-0.4, -0.2) is 76.9 Å². The van der Waals surface area contributed by atoms with Crippen molar-refractivity contribution in [3.63, 3.8) is 0 Å². The van der Waals surface area contributed by atoms with Crippen molar-refractivity contribution in [3.05, 3.63) is 48.3 Å². The Hall–Kier alpha value is -3.60. The summed E-state index contributed by atoms with van der Waals surface area (Å²) in [6, 6.07) is 3.99. The number of fused-ring (bicyclic) bond motifs is 1. The van der Waals surface area contributed by atoms with Gasteiger partial charge in [-0.05, 0) is 30.4 Å². The summed E-state index contributed by atoms with van der Waals surface area (Å²) in [4.78, 5) is 23.8. The maximum atomic E-state index is 12.8. The lowest BCUT2D eigenvalue weighted by atomic mass is 10.1. The molecule has 4 aromatic heterocycles. The highest BCUT2D eigenvalue weighted by atomic mass is 19.1. The number of halogens is 1. The molecule has 5 rings (SSSR count). The van der Waals surface area contributed by atoms with E-state index in [9.17, 15) is 9.18 Å². The minimum Gasteiger partial charge on any atom is -0.301 e.